The highest BCUT2D eigenvalue weighted by molar-refractivity contribution is 8.27. The van der Waals surface area contributed by atoms with Crippen molar-refractivity contribution in [2.24, 2.45) is 0 Å². The minimum Gasteiger partial charge on any atom is -0.495 e. The maximum atomic E-state index is 13.2. The molecule has 3 aromatic rings. The maximum absolute atomic E-state index is 13.2. The first-order valence-corrected chi connectivity index (χ1v) is 12.4. The number of thioether (sulfide) groups is 1. The van der Waals surface area contributed by atoms with Gasteiger partial charge in [0.2, 0.25) is 0 Å². The predicted molar refractivity (Wildman–Crippen MR) is 147 cm³/mol. The third-order valence-electron chi connectivity index (χ3n) is 5.25. The van der Waals surface area contributed by atoms with Crippen molar-refractivity contribution in [2.45, 2.75) is 6.61 Å². The van der Waals surface area contributed by atoms with Crippen molar-refractivity contribution in [1.29, 1.82) is 5.26 Å². The molecule has 0 aliphatic carbocycles. The molecule has 1 fully saturated rings. The van der Waals surface area contributed by atoms with Crippen LogP contribution in [0.15, 0.2) is 59.5 Å². The largest absolute Gasteiger partial charge is 0.495 e. The second-order valence-electron chi connectivity index (χ2n) is 7.43. The zero-order valence-electron chi connectivity index (χ0n) is 19.1. The number of ether oxygens (including phenoxy) is 3. The number of nitrogens with zero attached hydrogens (tertiary/aromatic N) is 2. The molecule has 0 unspecified atom stereocenters. The Kier molecular flexibility index (Phi) is 8.07. The average molecular weight is 557 g/mol. The van der Waals surface area contributed by atoms with Crippen LogP contribution in [-0.4, -0.2) is 24.4 Å². The quantitative estimate of drug-likeness (QED) is 0.232. The van der Waals surface area contributed by atoms with E-state index >= 15 is 0 Å². The zero-order valence-corrected chi connectivity index (χ0v) is 22.2. The molecule has 1 saturated heterocycles. The van der Waals surface area contributed by atoms with E-state index in [0.29, 0.717) is 53.3 Å². The number of benzene rings is 3. The number of halogens is 2. The van der Waals surface area contributed by atoms with Crippen LogP contribution in [0.5, 0.6) is 17.2 Å². The van der Waals surface area contributed by atoms with Gasteiger partial charge in [0, 0.05) is 5.56 Å². The number of nitriles is 1. The molecule has 0 N–H and O–H groups in total. The van der Waals surface area contributed by atoms with Gasteiger partial charge in [0.1, 0.15) is 12.4 Å². The van der Waals surface area contributed by atoms with Crippen LogP contribution in [0.1, 0.15) is 16.7 Å². The summed E-state index contributed by atoms with van der Waals surface area (Å²) in [7, 11) is 3.02. The first-order chi connectivity index (χ1) is 17.4. The van der Waals surface area contributed by atoms with Crippen LogP contribution in [0.25, 0.3) is 6.08 Å². The second-order valence-corrected chi connectivity index (χ2v) is 9.92. The Morgan fingerprint density at radius 3 is 2.50 bits per heavy atom. The second kappa shape index (κ2) is 11.2. The molecule has 1 aliphatic rings. The van der Waals surface area contributed by atoms with Gasteiger partial charge in [-0.2, -0.15) is 5.26 Å². The van der Waals surface area contributed by atoms with Crippen molar-refractivity contribution < 1.29 is 19.0 Å². The molecule has 0 bridgehead atoms. The van der Waals surface area contributed by atoms with Gasteiger partial charge in [-0.05, 0) is 48.0 Å². The molecule has 0 spiro atoms. The van der Waals surface area contributed by atoms with Crippen molar-refractivity contribution >= 4 is 69.2 Å². The number of amides is 1. The number of methoxy groups -OCH3 is 2. The van der Waals surface area contributed by atoms with E-state index < -0.39 is 0 Å². The van der Waals surface area contributed by atoms with E-state index in [0.717, 1.165) is 5.56 Å². The summed E-state index contributed by atoms with van der Waals surface area (Å²) < 4.78 is 17.0. The van der Waals surface area contributed by atoms with E-state index in [4.69, 9.17) is 49.6 Å². The van der Waals surface area contributed by atoms with Gasteiger partial charge in [0.05, 0.1) is 46.5 Å². The number of hydrogen-bond donors (Lipinski definition) is 0. The van der Waals surface area contributed by atoms with Crippen LogP contribution in [0.2, 0.25) is 10.0 Å². The Balaban J connectivity index is 1.59. The van der Waals surface area contributed by atoms with Crippen LogP contribution < -0.4 is 19.1 Å². The Hall–Kier alpha value is -3.22. The fraction of sp³-hybridized carbons (Fsp3) is 0.115. The predicted octanol–water partition coefficient (Wildman–Crippen LogP) is 6.87. The maximum Gasteiger partial charge on any atom is 0.270 e. The van der Waals surface area contributed by atoms with E-state index in [9.17, 15) is 10.1 Å². The molecule has 1 aliphatic heterocycles. The molecule has 1 amide bonds. The normalized spacial score (nSPS) is 14.2. The molecule has 0 atom stereocenters. The highest BCUT2D eigenvalue weighted by Crippen LogP contribution is 2.41. The van der Waals surface area contributed by atoms with Crippen LogP contribution >= 0.6 is 47.2 Å². The number of hydrogen-bond acceptors (Lipinski definition) is 7. The lowest BCUT2D eigenvalue weighted by Crippen LogP contribution is -2.27. The van der Waals surface area contributed by atoms with Gasteiger partial charge in [-0.3, -0.25) is 9.69 Å². The Morgan fingerprint density at radius 1 is 1.06 bits per heavy atom. The van der Waals surface area contributed by atoms with Gasteiger partial charge in [-0.25, -0.2) is 0 Å². The van der Waals surface area contributed by atoms with Gasteiger partial charge < -0.3 is 14.2 Å². The molecular formula is C26H18Cl2N2O4S2. The number of anilines is 1. The summed E-state index contributed by atoms with van der Waals surface area (Å²) in [6.45, 7) is 0.141. The van der Waals surface area contributed by atoms with Gasteiger partial charge >= 0.3 is 0 Å². The Bertz CT molecular complexity index is 1440. The van der Waals surface area contributed by atoms with E-state index in [1.54, 1.807) is 48.5 Å². The smallest absolute Gasteiger partial charge is 0.270 e. The highest BCUT2D eigenvalue weighted by atomic mass is 35.5. The minimum atomic E-state index is -0.283. The summed E-state index contributed by atoms with van der Waals surface area (Å²) in [6.07, 6.45) is 1.69. The number of carbonyl (C=O) groups is 1. The Morgan fingerprint density at radius 2 is 1.81 bits per heavy atom. The monoisotopic (exact) mass is 556 g/mol. The molecule has 6 nitrogen and oxygen atoms in total. The fourth-order valence-electron chi connectivity index (χ4n) is 3.50. The third kappa shape index (κ3) is 5.30. The lowest BCUT2D eigenvalue weighted by atomic mass is 10.1. The van der Waals surface area contributed by atoms with E-state index in [1.165, 1.54) is 30.9 Å². The van der Waals surface area contributed by atoms with E-state index in [2.05, 4.69) is 6.07 Å². The molecule has 0 radical (unpaired) electrons. The molecule has 10 heteroatoms. The molecule has 0 saturated carbocycles. The number of carbonyl (C=O) groups excluding carboxylic acids is 1. The standard InChI is InChI=1S/C26H18Cl2N2O4S2/c1-32-21-8-7-18(12-19(21)27)30-25(31)23(36-26(30)35)11-15-9-20(28)24(22(10-15)33-2)34-14-17-6-4-3-5-16(17)13-29/h3-12H,14H2,1-2H3/b23-11-. The van der Waals surface area contributed by atoms with Crippen LogP contribution in [0.3, 0.4) is 0 Å². The lowest BCUT2D eigenvalue weighted by Gasteiger charge is -2.16. The van der Waals surface area contributed by atoms with Crippen LogP contribution in [0, 0.1) is 11.3 Å². The summed E-state index contributed by atoms with van der Waals surface area (Å²) >= 11 is 19.4. The first kappa shape index (κ1) is 25.9. The topological polar surface area (TPSA) is 71.8 Å². The third-order valence-corrected chi connectivity index (χ3v) is 7.12. The SMILES string of the molecule is COc1ccc(N2C(=O)/C(=C/c3cc(Cl)c(OCc4ccccc4C#N)c(OC)c3)SC2=S)cc1Cl. The Labute approximate surface area is 228 Å². The number of thiocarbonyl (C=S) groups is 1. The lowest BCUT2D eigenvalue weighted by molar-refractivity contribution is -0.113. The van der Waals surface area contributed by atoms with Gasteiger partial charge in [-0.15, -0.1) is 0 Å². The first-order valence-electron chi connectivity index (χ1n) is 10.5. The summed E-state index contributed by atoms with van der Waals surface area (Å²) in [5, 5.41) is 9.97. The highest BCUT2D eigenvalue weighted by Gasteiger charge is 2.33. The van der Waals surface area contributed by atoms with E-state index in [-0.39, 0.29) is 12.5 Å². The molecule has 4 rings (SSSR count). The average Bonchev–Trinajstić information content (AvgIpc) is 3.15. The van der Waals surface area contributed by atoms with Crippen LogP contribution in [-0.2, 0) is 11.4 Å². The van der Waals surface area contributed by atoms with Gasteiger partial charge in [-0.1, -0.05) is 65.4 Å². The molecule has 182 valence electrons. The summed E-state index contributed by atoms with van der Waals surface area (Å²) in [4.78, 5) is 15.0. The molecule has 0 aromatic heterocycles. The summed E-state index contributed by atoms with van der Waals surface area (Å²) in [5.74, 6) is 0.946. The van der Waals surface area contributed by atoms with Gasteiger partial charge in [0.25, 0.3) is 5.91 Å². The molecule has 1 heterocycles. The summed E-state index contributed by atoms with van der Waals surface area (Å²) in [6, 6.07) is 17.7. The molecule has 3 aromatic carbocycles. The summed E-state index contributed by atoms with van der Waals surface area (Å²) in [5.41, 5.74) is 2.42. The fourth-order valence-corrected chi connectivity index (χ4v) is 5.33. The van der Waals surface area contributed by atoms with Crippen molar-refractivity contribution in [1.82, 2.24) is 0 Å². The van der Waals surface area contributed by atoms with Crippen molar-refractivity contribution in [3.05, 3.63) is 86.2 Å². The van der Waals surface area contributed by atoms with Crippen molar-refractivity contribution in [2.75, 3.05) is 19.1 Å². The van der Waals surface area contributed by atoms with Crippen molar-refractivity contribution in [3.8, 4) is 23.3 Å². The van der Waals surface area contributed by atoms with Crippen LogP contribution in [0.4, 0.5) is 5.69 Å². The van der Waals surface area contributed by atoms with Gasteiger partial charge in [0.15, 0.2) is 15.8 Å². The zero-order chi connectivity index (χ0) is 25.8. The van der Waals surface area contributed by atoms with E-state index in [1.807, 2.05) is 12.1 Å². The minimum absolute atomic E-state index is 0.141. The number of rotatable bonds is 7. The molecular weight excluding hydrogens is 539 g/mol. The van der Waals surface area contributed by atoms with Crippen molar-refractivity contribution in [3.63, 3.8) is 0 Å². The molecule has 36 heavy (non-hydrogen) atoms.